The Morgan fingerprint density at radius 1 is 1.17 bits per heavy atom. The van der Waals surface area contributed by atoms with E-state index in [1.54, 1.807) is 30.8 Å². The van der Waals surface area contributed by atoms with Crippen molar-refractivity contribution in [3.8, 4) is 5.75 Å². The summed E-state index contributed by atoms with van der Waals surface area (Å²) in [7, 11) is -0.187. The van der Waals surface area contributed by atoms with Crippen LogP contribution in [0.5, 0.6) is 5.75 Å². The maximum absolute atomic E-state index is 12.6. The Hall–Kier alpha value is -1.86. The lowest BCUT2D eigenvalue weighted by Gasteiger charge is -2.13. The first-order valence-electron chi connectivity index (χ1n) is 7.31. The largest absolute Gasteiger partial charge is 0.496 e. The second kappa shape index (κ2) is 6.33. The van der Waals surface area contributed by atoms with Crippen LogP contribution in [0.3, 0.4) is 0 Å². The summed E-state index contributed by atoms with van der Waals surface area (Å²) in [6, 6.07) is 3.38. The van der Waals surface area contributed by atoms with E-state index in [4.69, 9.17) is 4.74 Å². The van der Waals surface area contributed by atoms with Crippen LogP contribution in [-0.4, -0.2) is 25.3 Å². The van der Waals surface area contributed by atoms with E-state index in [0.29, 0.717) is 11.3 Å². The number of nitrogens with zero attached hydrogens (tertiary/aromatic N) is 2. The zero-order chi connectivity index (χ0) is 17.4. The summed E-state index contributed by atoms with van der Waals surface area (Å²) in [4.78, 5) is 0.273. The van der Waals surface area contributed by atoms with E-state index in [1.807, 2.05) is 27.8 Å². The Labute approximate surface area is 137 Å². The van der Waals surface area contributed by atoms with Crippen LogP contribution in [0.2, 0.25) is 0 Å². The molecule has 0 saturated heterocycles. The highest BCUT2D eigenvalue weighted by molar-refractivity contribution is 7.89. The van der Waals surface area contributed by atoms with E-state index in [-0.39, 0.29) is 11.4 Å². The molecule has 6 nitrogen and oxygen atoms in total. The van der Waals surface area contributed by atoms with Crippen molar-refractivity contribution >= 4 is 10.0 Å². The average Bonchev–Trinajstić information content (AvgIpc) is 2.72. The molecule has 2 aromatic rings. The van der Waals surface area contributed by atoms with Crippen molar-refractivity contribution in [2.75, 3.05) is 7.11 Å². The number of nitrogens with one attached hydrogen (secondary N) is 1. The topological polar surface area (TPSA) is 73.2 Å². The van der Waals surface area contributed by atoms with Gasteiger partial charge in [-0.3, -0.25) is 4.68 Å². The van der Waals surface area contributed by atoms with Gasteiger partial charge < -0.3 is 4.74 Å². The predicted molar refractivity (Wildman–Crippen MR) is 89.2 cm³/mol. The Bertz CT molecular complexity index is 839. The minimum Gasteiger partial charge on any atom is -0.496 e. The molecule has 0 atom stereocenters. The van der Waals surface area contributed by atoms with Crippen LogP contribution in [0.15, 0.2) is 17.0 Å². The lowest BCUT2D eigenvalue weighted by Crippen LogP contribution is -2.24. The average molecular weight is 337 g/mol. The molecule has 1 N–H and O–H groups in total. The molecule has 2 rings (SSSR count). The molecule has 23 heavy (non-hydrogen) atoms. The first-order chi connectivity index (χ1) is 10.7. The Morgan fingerprint density at radius 2 is 1.83 bits per heavy atom. The molecule has 1 heterocycles. The summed E-state index contributed by atoms with van der Waals surface area (Å²) in [5, 5.41) is 4.30. The molecule has 0 spiro atoms. The summed E-state index contributed by atoms with van der Waals surface area (Å²) in [6.07, 6.45) is 0. The molecule has 7 heteroatoms. The first-order valence-corrected chi connectivity index (χ1v) is 8.79. The van der Waals surface area contributed by atoms with Crippen molar-refractivity contribution < 1.29 is 13.2 Å². The normalized spacial score (nSPS) is 11.7. The number of rotatable bonds is 5. The zero-order valence-corrected chi connectivity index (χ0v) is 15.2. The third-order valence-corrected chi connectivity index (χ3v) is 5.62. The van der Waals surface area contributed by atoms with Gasteiger partial charge in [-0.15, -0.1) is 0 Å². The van der Waals surface area contributed by atoms with Gasteiger partial charge in [0, 0.05) is 24.8 Å². The van der Waals surface area contributed by atoms with Gasteiger partial charge in [-0.2, -0.15) is 5.10 Å². The summed E-state index contributed by atoms with van der Waals surface area (Å²) in [5.74, 6) is 0.681. The first kappa shape index (κ1) is 17.5. The number of benzene rings is 1. The van der Waals surface area contributed by atoms with Gasteiger partial charge in [0.2, 0.25) is 10.0 Å². The molecule has 1 aromatic carbocycles. The van der Waals surface area contributed by atoms with Crippen molar-refractivity contribution in [2.45, 2.75) is 39.1 Å². The molecule has 0 fully saturated rings. The highest BCUT2D eigenvalue weighted by Gasteiger charge is 2.20. The molecule has 0 bridgehead atoms. The Morgan fingerprint density at radius 3 is 2.35 bits per heavy atom. The SMILES string of the molecule is COc1cc(C)c(S(=O)(=O)NCc2c(C)nn(C)c2C)cc1C. The number of hydrogen-bond acceptors (Lipinski definition) is 4. The van der Waals surface area contributed by atoms with Crippen LogP contribution in [0.25, 0.3) is 0 Å². The fraction of sp³-hybridized carbons (Fsp3) is 0.438. The predicted octanol–water partition coefficient (Wildman–Crippen LogP) is 2.14. The number of hydrogen-bond donors (Lipinski definition) is 1. The highest BCUT2D eigenvalue weighted by atomic mass is 32.2. The monoisotopic (exact) mass is 337 g/mol. The van der Waals surface area contributed by atoms with E-state index < -0.39 is 10.0 Å². The van der Waals surface area contributed by atoms with E-state index in [0.717, 1.165) is 22.5 Å². The van der Waals surface area contributed by atoms with Gasteiger partial charge in [-0.05, 0) is 51.0 Å². The summed E-state index contributed by atoms with van der Waals surface area (Å²) in [5.41, 5.74) is 4.12. The molecule has 0 aliphatic carbocycles. The minimum atomic E-state index is -3.60. The molecule has 0 aliphatic heterocycles. The molecule has 0 unspecified atom stereocenters. The smallest absolute Gasteiger partial charge is 0.241 e. The van der Waals surface area contributed by atoms with Gasteiger partial charge in [0.25, 0.3) is 0 Å². The van der Waals surface area contributed by atoms with Crippen LogP contribution < -0.4 is 9.46 Å². The number of aromatic nitrogens is 2. The minimum absolute atomic E-state index is 0.221. The molecule has 0 aliphatic rings. The standard InChI is InChI=1S/C16H23N3O3S/c1-10-8-16(11(2)7-15(10)22-6)23(20,21)17-9-14-12(3)18-19(5)13(14)4/h7-8,17H,9H2,1-6H3. The van der Waals surface area contributed by atoms with Crippen molar-refractivity contribution in [2.24, 2.45) is 7.05 Å². The van der Waals surface area contributed by atoms with Gasteiger partial charge in [0.1, 0.15) is 5.75 Å². The number of aryl methyl sites for hydroxylation is 4. The van der Waals surface area contributed by atoms with Crippen LogP contribution >= 0.6 is 0 Å². The Kier molecular flexibility index (Phi) is 4.81. The molecule has 126 valence electrons. The highest BCUT2D eigenvalue weighted by Crippen LogP contribution is 2.25. The van der Waals surface area contributed by atoms with Crippen molar-refractivity contribution in [3.63, 3.8) is 0 Å². The van der Waals surface area contributed by atoms with Crippen LogP contribution in [0.1, 0.15) is 28.1 Å². The van der Waals surface area contributed by atoms with Crippen molar-refractivity contribution in [1.29, 1.82) is 0 Å². The fourth-order valence-corrected chi connectivity index (χ4v) is 3.90. The molecule has 0 radical (unpaired) electrons. The van der Waals surface area contributed by atoms with E-state index in [2.05, 4.69) is 9.82 Å². The lowest BCUT2D eigenvalue weighted by molar-refractivity contribution is 0.411. The number of sulfonamides is 1. The van der Waals surface area contributed by atoms with Gasteiger partial charge in [-0.25, -0.2) is 13.1 Å². The van der Waals surface area contributed by atoms with Gasteiger partial charge in [0.15, 0.2) is 0 Å². The molecule has 1 aromatic heterocycles. The second-order valence-electron chi connectivity index (χ2n) is 5.68. The van der Waals surface area contributed by atoms with E-state index in [1.165, 1.54) is 0 Å². The zero-order valence-electron chi connectivity index (χ0n) is 14.4. The van der Waals surface area contributed by atoms with Crippen LogP contribution in [0.4, 0.5) is 0 Å². The summed E-state index contributed by atoms with van der Waals surface area (Å²) < 4.78 is 34.9. The maximum atomic E-state index is 12.6. The van der Waals surface area contributed by atoms with Gasteiger partial charge in [0.05, 0.1) is 17.7 Å². The molecule has 0 saturated carbocycles. The quantitative estimate of drug-likeness (QED) is 0.907. The number of ether oxygens (including phenoxy) is 1. The number of methoxy groups -OCH3 is 1. The van der Waals surface area contributed by atoms with Crippen LogP contribution in [0, 0.1) is 27.7 Å². The molecular formula is C16H23N3O3S. The Balaban J connectivity index is 2.31. The lowest BCUT2D eigenvalue weighted by atomic mass is 10.1. The summed E-state index contributed by atoms with van der Waals surface area (Å²) >= 11 is 0. The van der Waals surface area contributed by atoms with E-state index in [9.17, 15) is 8.42 Å². The van der Waals surface area contributed by atoms with Crippen LogP contribution in [-0.2, 0) is 23.6 Å². The van der Waals surface area contributed by atoms with Gasteiger partial charge >= 0.3 is 0 Å². The van der Waals surface area contributed by atoms with E-state index >= 15 is 0 Å². The summed E-state index contributed by atoms with van der Waals surface area (Å²) in [6.45, 7) is 7.61. The van der Waals surface area contributed by atoms with Crippen molar-refractivity contribution in [3.05, 3.63) is 40.2 Å². The fourth-order valence-electron chi connectivity index (χ4n) is 2.59. The third-order valence-electron chi connectivity index (χ3n) is 4.08. The third kappa shape index (κ3) is 3.40. The van der Waals surface area contributed by atoms with Crippen molar-refractivity contribution in [1.82, 2.24) is 14.5 Å². The second-order valence-corrected chi connectivity index (χ2v) is 7.42. The van der Waals surface area contributed by atoms with Gasteiger partial charge in [-0.1, -0.05) is 0 Å². The molecular weight excluding hydrogens is 314 g/mol. The molecule has 0 amide bonds. The maximum Gasteiger partial charge on any atom is 0.241 e.